The van der Waals surface area contributed by atoms with Gasteiger partial charge < -0.3 is 9.84 Å². The van der Waals surface area contributed by atoms with E-state index in [0.717, 1.165) is 32.7 Å². The molecule has 0 saturated carbocycles. The Labute approximate surface area is 88.1 Å². The van der Waals surface area contributed by atoms with Gasteiger partial charge in [0.05, 0.1) is 12.7 Å². The topological polar surface area (TPSA) is 32.7 Å². The van der Waals surface area contributed by atoms with Crippen molar-refractivity contribution in [2.75, 3.05) is 32.8 Å². The second-order valence-corrected chi connectivity index (χ2v) is 3.77. The van der Waals surface area contributed by atoms with Gasteiger partial charge in [0, 0.05) is 26.2 Å². The zero-order valence-corrected chi connectivity index (χ0v) is 9.83. The third-order valence-corrected chi connectivity index (χ3v) is 1.96. The molecule has 0 spiro atoms. The summed E-state index contributed by atoms with van der Waals surface area (Å²) in [5, 5.41) is 8.60. The van der Waals surface area contributed by atoms with Crippen LogP contribution >= 0.6 is 0 Å². The lowest BCUT2D eigenvalue weighted by atomic mass is 10.3. The van der Waals surface area contributed by atoms with Crippen molar-refractivity contribution in [3.8, 4) is 0 Å². The van der Waals surface area contributed by atoms with E-state index in [-0.39, 0.29) is 0 Å². The monoisotopic (exact) mass is 203 g/mol. The van der Waals surface area contributed by atoms with Gasteiger partial charge in [0.15, 0.2) is 0 Å². The fourth-order valence-corrected chi connectivity index (χ4v) is 1.39. The predicted octanol–water partition coefficient (Wildman–Crippen LogP) is 1.51. The van der Waals surface area contributed by atoms with E-state index in [2.05, 4.69) is 25.7 Å². The summed E-state index contributed by atoms with van der Waals surface area (Å²) in [6.07, 6.45) is 2.50. The molecule has 0 aromatic heterocycles. The molecule has 1 saturated heterocycles. The van der Waals surface area contributed by atoms with E-state index in [9.17, 15) is 0 Å². The summed E-state index contributed by atoms with van der Waals surface area (Å²) in [7, 11) is 0. The SMILES string of the molecule is CC1CN(CCCO)CCO1.CCC. The van der Waals surface area contributed by atoms with Crippen molar-refractivity contribution in [2.45, 2.75) is 39.7 Å². The van der Waals surface area contributed by atoms with Crippen LogP contribution in [0.3, 0.4) is 0 Å². The number of hydrogen-bond acceptors (Lipinski definition) is 3. The zero-order valence-electron chi connectivity index (χ0n) is 9.83. The Hall–Kier alpha value is -0.120. The molecule has 3 nitrogen and oxygen atoms in total. The lowest BCUT2D eigenvalue weighted by Gasteiger charge is -2.30. The highest BCUT2D eigenvalue weighted by atomic mass is 16.5. The molecule has 0 radical (unpaired) electrons. The van der Waals surface area contributed by atoms with Gasteiger partial charge >= 0.3 is 0 Å². The molecule has 1 aliphatic rings. The molecule has 1 unspecified atom stereocenters. The van der Waals surface area contributed by atoms with E-state index in [1.54, 1.807) is 0 Å². The Balaban J connectivity index is 0.000000500. The molecule has 3 heteroatoms. The highest BCUT2D eigenvalue weighted by molar-refractivity contribution is 4.67. The Morgan fingerprint density at radius 3 is 2.57 bits per heavy atom. The number of hydrogen-bond donors (Lipinski definition) is 1. The van der Waals surface area contributed by atoms with E-state index < -0.39 is 0 Å². The third kappa shape index (κ3) is 7.30. The standard InChI is InChI=1S/C8H17NO2.C3H8/c1-8-7-9(3-2-5-10)4-6-11-8;1-3-2/h8,10H,2-7H2,1H3;3H2,1-2H3. The minimum Gasteiger partial charge on any atom is -0.396 e. The Morgan fingerprint density at radius 2 is 2.07 bits per heavy atom. The number of rotatable bonds is 3. The first kappa shape index (κ1) is 13.9. The quantitative estimate of drug-likeness (QED) is 0.754. The van der Waals surface area contributed by atoms with Crippen LogP contribution in [0.15, 0.2) is 0 Å². The maximum Gasteiger partial charge on any atom is 0.0674 e. The van der Waals surface area contributed by atoms with Gasteiger partial charge in [0.1, 0.15) is 0 Å². The number of ether oxygens (including phenoxy) is 1. The molecule has 0 amide bonds. The molecule has 0 aromatic rings. The van der Waals surface area contributed by atoms with Crippen LogP contribution in [0, 0.1) is 0 Å². The van der Waals surface area contributed by atoms with Crippen LogP contribution in [-0.2, 0) is 4.74 Å². The van der Waals surface area contributed by atoms with Crippen molar-refractivity contribution in [2.24, 2.45) is 0 Å². The van der Waals surface area contributed by atoms with E-state index in [0.29, 0.717) is 12.7 Å². The van der Waals surface area contributed by atoms with E-state index in [1.165, 1.54) is 6.42 Å². The summed E-state index contributed by atoms with van der Waals surface area (Å²) in [6.45, 7) is 10.5. The van der Waals surface area contributed by atoms with Crippen LogP contribution in [0.4, 0.5) is 0 Å². The first-order valence-electron chi connectivity index (χ1n) is 5.69. The van der Waals surface area contributed by atoms with Crippen LogP contribution in [0.2, 0.25) is 0 Å². The normalized spacial score (nSPS) is 22.7. The summed E-state index contributed by atoms with van der Waals surface area (Å²) < 4.78 is 5.38. The molecule has 0 aromatic carbocycles. The van der Waals surface area contributed by atoms with Crippen molar-refractivity contribution in [1.29, 1.82) is 0 Å². The average molecular weight is 203 g/mol. The summed E-state index contributed by atoms with van der Waals surface area (Å²) in [4.78, 5) is 2.34. The number of nitrogens with zero attached hydrogens (tertiary/aromatic N) is 1. The first-order chi connectivity index (χ1) is 6.74. The third-order valence-electron chi connectivity index (χ3n) is 1.96. The van der Waals surface area contributed by atoms with Crippen LogP contribution in [0.5, 0.6) is 0 Å². The fraction of sp³-hybridized carbons (Fsp3) is 1.00. The van der Waals surface area contributed by atoms with Crippen molar-refractivity contribution in [3.63, 3.8) is 0 Å². The Kier molecular flexibility index (Phi) is 9.35. The van der Waals surface area contributed by atoms with Gasteiger partial charge in [-0.1, -0.05) is 20.3 Å². The Morgan fingerprint density at radius 1 is 1.43 bits per heavy atom. The van der Waals surface area contributed by atoms with Gasteiger partial charge in [-0.05, 0) is 13.3 Å². The van der Waals surface area contributed by atoms with Crippen LogP contribution in [0.1, 0.15) is 33.6 Å². The highest BCUT2D eigenvalue weighted by Crippen LogP contribution is 2.03. The van der Waals surface area contributed by atoms with Crippen molar-refractivity contribution in [3.05, 3.63) is 0 Å². The van der Waals surface area contributed by atoms with Gasteiger partial charge in [-0.3, -0.25) is 4.90 Å². The highest BCUT2D eigenvalue weighted by Gasteiger charge is 2.15. The molecule has 86 valence electrons. The van der Waals surface area contributed by atoms with Crippen LogP contribution in [-0.4, -0.2) is 49.0 Å². The van der Waals surface area contributed by atoms with Crippen LogP contribution in [0.25, 0.3) is 0 Å². The molecule has 1 fully saturated rings. The van der Waals surface area contributed by atoms with Gasteiger partial charge in [0.2, 0.25) is 0 Å². The smallest absolute Gasteiger partial charge is 0.0674 e. The maximum atomic E-state index is 8.60. The molecular weight excluding hydrogens is 178 g/mol. The molecule has 1 aliphatic heterocycles. The van der Waals surface area contributed by atoms with E-state index >= 15 is 0 Å². The van der Waals surface area contributed by atoms with Crippen LogP contribution < -0.4 is 0 Å². The molecule has 1 heterocycles. The molecule has 0 aliphatic carbocycles. The predicted molar refractivity (Wildman–Crippen MR) is 59.5 cm³/mol. The zero-order chi connectivity index (χ0) is 10.8. The average Bonchev–Trinajstić information content (AvgIpc) is 2.16. The van der Waals surface area contributed by atoms with Gasteiger partial charge in [-0.25, -0.2) is 0 Å². The summed E-state index contributed by atoms with van der Waals surface area (Å²) in [6, 6.07) is 0. The lowest BCUT2D eigenvalue weighted by Crippen LogP contribution is -2.41. The summed E-state index contributed by atoms with van der Waals surface area (Å²) >= 11 is 0. The molecular formula is C11H25NO2. The molecule has 1 rings (SSSR count). The molecule has 0 bridgehead atoms. The summed E-state index contributed by atoms with van der Waals surface area (Å²) in [5.74, 6) is 0. The van der Waals surface area contributed by atoms with Crippen molar-refractivity contribution >= 4 is 0 Å². The number of morpholine rings is 1. The number of aliphatic hydroxyl groups excluding tert-OH is 1. The molecule has 14 heavy (non-hydrogen) atoms. The second-order valence-electron chi connectivity index (χ2n) is 3.77. The van der Waals surface area contributed by atoms with Gasteiger partial charge in [-0.2, -0.15) is 0 Å². The molecule has 1 N–H and O–H groups in total. The minimum absolute atomic E-state index is 0.297. The van der Waals surface area contributed by atoms with E-state index in [1.807, 2.05) is 0 Å². The number of aliphatic hydroxyl groups is 1. The molecule has 1 atom stereocenters. The summed E-state index contributed by atoms with van der Waals surface area (Å²) in [5.41, 5.74) is 0. The lowest BCUT2D eigenvalue weighted by molar-refractivity contribution is -0.0195. The van der Waals surface area contributed by atoms with Gasteiger partial charge in [0.25, 0.3) is 0 Å². The van der Waals surface area contributed by atoms with Crippen molar-refractivity contribution in [1.82, 2.24) is 4.90 Å². The fourth-order valence-electron chi connectivity index (χ4n) is 1.39. The van der Waals surface area contributed by atoms with Crippen molar-refractivity contribution < 1.29 is 9.84 Å². The van der Waals surface area contributed by atoms with E-state index in [4.69, 9.17) is 9.84 Å². The minimum atomic E-state index is 0.297. The Bertz CT molecular complexity index is 120. The van der Waals surface area contributed by atoms with Gasteiger partial charge in [-0.15, -0.1) is 0 Å². The maximum absolute atomic E-state index is 8.60. The largest absolute Gasteiger partial charge is 0.396 e. The second kappa shape index (κ2) is 9.44. The first-order valence-corrected chi connectivity index (χ1v) is 5.69.